The quantitative estimate of drug-likeness (QED) is 0.148. The fourth-order valence-corrected chi connectivity index (χ4v) is 18.7. The zero-order valence-electron chi connectivity index (χ0n) is 30.5. The van der Waals surface area contributed by atoms with E-state index in [0.29, 0.717) is 0 Å². The second-order valence-corrected chi connectivity index (χ2v) is 24.1. The predicted molar refractivity (Wildman–Crippen MR) is 258 cm³/mol. The Balaban J connectivity index is 1.14. The molecular weight excluding hydrogens is 809 g/mol. The van der Waals surface area contributed by atoms with Crippen molar-refractivity contribution in [3.8, 4) is 0 Å². The van der Waals surface area contributed by atoms with Crippen molar-refractivity contribution in [3.63, 3.8) is 0 Å². The van der Waals surface area contributed by atoms with Crippen molar-refractivity contribution in [2.75, 3.05) is 0 Å². The van der Waals surface area contributed by atoms with Gasteiger partial charge < -0.3 is 0 Å². The molecule has 4 heterocycles. The lowest BCUT2D eigenvalue weighted by atomic mass is 9.99. The molecule has 0 aliphatic carbocycles. The maximum atomic E-state index is 2.34. The molecule has 0 unspecified atom stereocenters. The third-order valence-electron chi connectivity index (χ3n) is 10.4. The minimum Gasteiger partial charge on any atom is -0.0860 e. The van der Waals surface area contributed by atoms with E-state index in [1.54, 1.807) is 0 Å². The molecule has 10 rings (SSSR count). The second-order valence-electron chi connectivity index (χ2n) is 13.6. The molecule has 0 N–H and O–H groups in total. The highest BCUT2D eigenvalue weighted by Crippen LogP contribution is 2.61. The fourth-order valence-electron chi connectivity index (χ4n) is 7.58. The monoisotopic (exact) mass is 842 g/mol. The summed E-state index contributed by atoms with van der Waals surface area (Å²) in [7, 11) is 0. The Morgan fingerprint density at radius 3 is 0.648 bits per heavy atom. The van der Waals surface area contributed by atoms with E-state index in [1.807, 2.05) is 94.1 Å². The van der Waals surface area contributed by atoms with E-state index < -0.39 is 0 Å². The van der Waals surface area contributed by atoms with Gasteiger partial charge in [-0.1, -0.05) is 191 Å². The largest absolute Gasteiger partial charge is 0.0860 e. The van der Waals surface area contributed by atoms with Crippen molar-refractivity contribution in [3.05, 3.63) is 157 Å². The summed E-state index contributed by atoms with van der Waals surface area (Å²) < 4.78 is 5.55. The van der Waals surface area contributed by atoms with Crippen molar-refractivity contribution < 1.29 is 0 Å². The molecule has 0 saturated heterocycles. The first kappa shape index (κ1) is 36.0. The van der Waals surface area contributed by atoms with Gasteiger partial charge in [-0.05, 0) is 104 Å². The van der Waals surface area contributed by atoms with Crippen LogP contribution in [0.25, 0.3) is 60.0 Å². The van der Waals surface area contributed by atoms with Crippen LogP contribution in [-0.4, -0.2) is 0 Å². The highest BCUT2D eigenvalue weighted by molar-refractivity contribution is 8.39. The summed E-state index contributed by atoms with van der Waals surface area (Å²) in [6.45, 7) is 13.7. The maximum absolute atomic E-state index is 2.34. The average Bonchev–Trinajstić information content (AvgIpc) is 3.93. The Morgan fingerprint density at radius 2 is 0.426 bits per heavy atom. The Bertz CT molecular complexity index is 2740. The summed E-state index contributed by atoms with van der Waals surface area (Å²) in [4.78, 5) is 11.2. The van der Waals surface area contributed by atoms with Gasteiger partial charge in [0.2, 0.25) is 0 Å². The number of hydrogen-bond acceptors (Lipinski definition) is 8. The van der Waals surface area contributed by atoms with E-state index >= 15 is 0 Å². The summed E-state index contributed by atoms with van der Waals surface area (Å²) in [6.07, 6.45) is 0. The van der Waals surface area contributed by atoms with E-state index in [4.69, 9.17) is 0 Å². The van der Waals surface area contributed by atoms with Crippen LogP contribution in [0.3, 0.4) is 0 Å². The van der Waals surface area contributed by atoms with E-state index in [9.17, 15) is 0 Å². The first-order chi connectivity index (χ1) is 26.3. The molecule has 0 radical (unpaired) electrons. The summed E-state index contributed by atoms with van der Waals surface area (Å²) in [5.74, 6) is 0. The Kier molecular flexibility index (Phi) is 9.47. The molecule has 54 heavy (non-hydrogen) atoms. The Morgan fingerprint density at radius 1 is 0.241 bits per heavy atom. The number of allylic oxidation sites excluding steroid dienone is 6. The number of hydrogen-bond donors (Lipinski definition) is 0. The van der Waals surface area contributed by atoms with E-state index in [-0.39, 0.29) is 0 Å². The van der Waals surface area contributed by atoms with Crippen molar-refractivity contribution in [1.29, 1.82) is 0 Å². The van der Waals surface area contributed by atoms with Crippen molar-refractivity contribution in [1.82, 2.24) is 0 Å². The van der Waals surface area contributed by atoms with Crippen LogP contribution in [0, 0.1) is 0 Å². The SMILES string of the molecule is CC1=C(C)SC(=c2c3ccccc3c(=C3SC(C)=C(C4=C(C)SC(=c5c6ccccc6c(=C6SC(C)=C(C)S6)c6ccccc56)S4)S3)c3ccccc23)S1. The number of rotatable bonds is 1. The molecule has 6 aromatic carbocycles. The van der Waals surface area contributed by atoms with Crippen LogP contribution < -0.4 is 20.9 Å². The Hall–Kier alpha value is -2.40. The van der Waals surface area contributed by atoms with E-state index in [2.05, 4.69) is 139 Å². The van der Waals surface area contributed by atoms with Gasteiger partial charge in [0.1, 0.15) is 0 Å². The number of thioether (sulfide) groups is 8. The van der Waals surface area contributed by atoms with Gasteiger partial charge in [-0.25, -0.2) is 0 Å². The fraction of sp³-hybridized carbons (Fsp3) is 0.130. The zero-order valence-corrected chi connectivity index (χ0v) is 37.0. The van der Waals surface area contributed by atoms with Crippen LogP contribution in [-0.2, 0) is 0 Å². The van der Waals surface area contributed by atoms with Gasteiger partial charge in [-0.15, -0.1) is 0 Å². The minimum absolute atomic E-state index is 1.34. The molecule has 6 aromatic rings. The molecule has 0 fully saturated rings. The van der Waals surface area contributed by atoms with Gasteiger partial charge in [0.15, 0.2) is 0 Å². The van der Waals surface area contributed by atoms with E-state index in [1.165, 1.54) is 120 Å². The summed E-state index contributed by atoms with van der Waals surface area (Å²) in [5.41, 5.74) is 0. The molecule has 4 aliphatic rings. The molecule has 8 heteroatoms. The van der Waals surface area contributed by atoms with Gasteiger partial charge in [-0.3, -0.25) is 0 Å². The van der Waals surface area contributed by atoms with Crippen LogP contribution >= 0.6 is 94.1 Å². The molecule has 4 aliphatic heterocycles. The molecule has 266 valence electrons. The van der Waals surface area contributed by atoms with Crippen LogP contribution in [0.4, 0.5) is 0 Å². The summed E-state index contributed by atoms with van der Waals surface area (Å²) in [5, 5.41) is 16.2. The standard InChI is InChI=1S/C46H34S8/c1-23-24(2)48-43(47-23)37-29-15-7-11-19-33(29)39(34-20-12-8-16-30(34)37)45-51-27(5)41(53-45)42-28(6)52-46(54-42)40-35-21-13-9-17-31(35)38(32-18-10-14-22-36(32)40)44-49-25(3)26(4)50-44/h7-22H,1-6H3. The first-order valence-corrected chi connectivity index (χ1v) is 24.4. The number of benzene rings is 6. The predicted octanol–water partition coefficient (Wildman–Crippen LogP) is 14.1. The normalized spacial score (nSPS) is 18.3. The van der Waals surface area contributed by atoms with Crippen molar-refractivity contribution >= 4 is 154 Å². The van der Waals surface area contributed by atoms with Gasteiger partial charge in [0, 0.05) is 40.5 Å². The molecule has 0 saturated carbocycles. The molecule has 0 spiro atoms. The lowest BCUT2D eigenvalue weighted by molar-refractivity contribution is 1.57. The lowest BCUT2D eigenvalue weighted by Gasteiger charge is -2.12. The van der Waals surface area contributed by atoms with Crippen molar-refractivity contribution in [2.24, 2.45) is 0 Å². The van der Waals surface area contributed by atoms with Crippen molar-refractivity contribution in [2.45, 2.75) is 41.5 Å². The average molecular weight is 843 g/mol. The molecule has 0 atom stereocenters. The molecule has 0 aromatic heterocycles. The third-order valence-corrected chi connectivity index (χ3v) is 21.0. The van der Waals surface area contributed by atoms with Gasteiger partial charge in [0.25, 0.3) is 0 Å². The third kappa shape index (κ3) is 5.84. The van der Waals surface area contributed by atoms with Gasteiger partial charge >= 0.3 is 0 Å². The molecular formula is C46H34S8. The summed E-state index contributed by atoms with van der Waals surface area (Å²) >= 11 is 15.6. The molecule has 0 amide bonds. The zero-order chi connectivity index (χ0) is 36.8. The summed E-state index contributed by atoms with van der Waals surface area (Å²) in [6, 6.07) is 36.4. The van der Waals surface area contributed by atoms with Crippen LogP contribution in [0.2, 0.25) is 0 Å². The van der Waals surface area contributed by atoms with Gasteiger partial charge in [-0.2, -0.15) is 0 Å². The lowest BCUT2D eigenvalue weighted by Crippen LogP contribution is -2.16. The minimum atomic E-state index is 1.34. The van der Waals surface area contributed by atoms with Gasteiger partial charge in [0.05, 0.1) is 16.9 Å². The highest BCUT2D eigenvalue weighted by Gasteiger charge is 2.30. The smallest absolute Gasteiger partial charge is 0.0581 e. The van der Waals surface area contributed by atoms with E-state index in [0.717, 1.165) is 0 Å². The maximum Gasteiger partial charge on any atom is 0.0581 e. The molecule has 0 nitrogen and oxygen atoms in total. The second kappa shape index (κ2) is 14.2. The highest BCUT2D eigenvalue weighted by atomic mass is 32.2. The van der Waals surface area contributed by atoms with Crippen LogP contribution in [0.15, 0.2) is 136 Å². The first-order valence-electron chi connectivity index (χ1n) is 17.8. The molecule has 0 bridgehead atoms. The number of fused-ring (bicyclic) bond motifs is 4. The Labute approximate surface area is 349 Å². The topological polar surface area (TPSA) is 0 Å². The van der Waals surface area contributed by atoms with Crippen LogP contribution in [0.5, 0.6) is 0 Å². The van der Waals surface area contributed by atoms with Crippen LogP contribution in [0.1, 0.15) is 41.5 Å².